The molecule has 0 saturated heterocycles. The van der Waals surface area contributed by atoms with E-state index in [0.29, 0.717) is 12.0 Å². The van der Waals surface area contributed by atoms with Gasteiger partial charge in [-0.05, 0) is 12.8 Å². The number of nitrogens with zero attached hydrogens (tertiary/aromatic N) is 2. The van der Waals surface area contributed by atoms with Gasteiger partial charge in [0.25, 0.3) is 0 Å². The van der Waals surface area contributed by atoms with E-state index in [1.807, 2.05) is 0 Å². The Labute approximate surface area is 96.5 Å². The number of anilines is 1. The van der Waals surface area contributed by atoms with Crippen molar-refractivity contribution >= 4 is 16.7 Å². The number of hydrogen-bond acceptors (Lipinski definition) is 4. The quantitative estimate of drug-likeness (QED) is 0.806. The molecule has 0 radical (unpaired) electrons. The molecule has 0 aromatic carbocycles. The van der Waals surface area contributed by atoms with Crippen molar-refractivity contribution in [3.63, 3.8) is 0 Å². The SMILES string of the molecule is CCCC(CC)Nc1nc(C(C)C)ns1. The van der Waals surface area contributed by atoms with Gasteiger partial charge < -0.3 is 5.32 Å². The summed E-state index contributed by atoms with van der Waals surface area (Å²) in [6, 6.07) is 0.544. The molecule has 0 aliphatic heterocycles. The van der Waals surface area contributed by atoms with E-state index in [1.165, 1.54) is 24.4 Å². The minimum absolute atomic E-state index is 0.419. The van der Waals surface area contributed by atoms with Gasteiger partial charge >= 0.3 is 0 Å². The lowest BCUT2D eigenvalue weighted by Crippen LogP contribution is -2.17. The molecule has 15 heavy (non-hydrogen) atoms. The first kappa shape index (κ1) is 12.4. The van der Waals surface area contributed by atoms with E-state index in [4.69, 9.17) is 0 Å². The fraction of sp³-hybridized carbons (Fsp3) is 0.818. The number of aromatic nitrogens is 2. The van der Waals surface area contributed by atoms with E-state index in [-0.39, 0.29) is 0 Å². The van der Waals surface area contributed by atoms with E-state index in [9.17, 15) is 0 Å². The smallest absolute Gasteiger partial charge is 0.202 e. The van der Waals surface area contributed by atoms with Crippen LogP contribution in [0.25, 0.3) is 0 Å². The van der Waals surface area contributed by atoms with Crippen LogP contribution in [-0.2, 0) is 0 Å². The van der Waals surface area contributed by atoms with Gasteiger partial charge in [-0.15, -0.1) is 0 Å². The molecule has 1 aromatic rings. The van der Waals surface area contributed by atoms with E-state index < -0.39 is 0 Å². The summed E-state index contributed by atoms with van der Waals surface area (Å²) in [4.78, 5) is 4.48. The Bertz CT molecular complexity index is 283. The van der Waals surface area contributed by atoms with E-state index in [1.54, 1.807) is 0 Å². The number of rotatable bonds is 6. The molecule has 86 valence electrons. The van der Waals surface area contributed by atoms with Crippen molar-refractivity contribution in [2.75, 3.05) is 5.32 Å². The Hall–Kier alpha value is -0.640. The maximum absolute atomic E-state index is 4.48. The van der Waals surface area contributed by atoms with Gasteiger partial charge in [0.2, 0.25) is 5.13 Å². The molecule has 1 unspecified atom stereocenters. The molecule has 1 heterocycles. The van der Waals surface area contributed by atoms with Gasteiger partial charge in [-0.3, -0.25) is 0 Å². The fourth-order valence-electron chi connectivity index (χ4n) is 1.43. The summed E-state index contributed by atoms with van der Waals surface area (Å²) in [7, 11) is 0. The summed E-state index contributed by atoms with van der Waals surface area (Å²) in [5.41, 5.74) is 0. The first-order valence-electron chi connectivity index (χ1n) is 5.77. The Morgan fingerprint density at radius 3 is 2.53 bits per heavy atom. The maximum Gasteiger partial charge on any atom is 0.202 e. The molecule has 0 fully saturated rings. The molecule has 0 amide bonds. The predicted octanol–water partition coefficient (Wildman–Crippen LogP) is 3.65. The van der Waals surface area contributed by atoms with E-state index >= 15 is 0 Å². The van der Waals surface area contributed by atoms with Gasteiger partial charge in [-0.2, -0.15) is 4.37 Å². The molecule has 0 saturated carbocycles. The summed E-state index contributed by atoms with van der Waals surface area (Å²) in [5, 5.41) is 4.42. The molecule has 3 nitrogen and oxygen atoms in total. The molecule has 4 heteroatoms. The molecular weight excluding hydrogens is 206 g/mol. The molecule has 1 N–H and O–H groups in total. The first-order valence-corrected chi connectivity index (χ1v) is 6.54. The van der Waals surface area contributed by atoms with Gasteiger partial charge in [0.05, 0.1) is 0 Å². The van der Waals surface area contributed by atoms with Crippen LogP contribution in [-0.4, -0.2) is 15.4 Å². The third-order valence-electron chi connectivity index (χ3n) is 2.42. The molecule has 0 bridgehead atoms. The minimum Gasteiger partial charge on any atom is -0.358 e. The van der Waals surface area contributed by atoms with Crippen molar-refractivity contribution < 1.29 is 0 Å². The second-order valence-corrected chi connectivity index (χ2v) is 4.90. The summed E-state index contributed by atoms with van der Waals surface area (Å²) in [5.74, 6) is 1.37. The Morgan fingerprint density at radius 1 is 1.33 bits per heavy atom. The van der Waals surface area contributed by atoms with Crippen LogP contribution in [0.15, 0.2) is 0 Å². The zero-order valence-corrected chi connectivity index (χ0v) is 10.9. The summed E-state index contributed by atoms with van der Waals surface area (Å²) < 4.78 is 4.33. The van der Waals surface area contributed by atoms with Crippen molar-refractivity contribution in [1.29, 1.82) is 0 Å². The van der Waals surface area contributed by atoms with Gasteiger partial charge in [0, 0.05) is 23.5 Å². The average molecular weight is 227 g/mol. The standard InChI is InChI=1S/C11H21N3S/c1-5-7-9(6-2)12-11-13-10(8(3)4)14-15-11/h8-9H,5-7H2,1-4H3,(H,12,13,14). The zero-order chi connectivity index (χ0) is 11.3. The zero-order valence-electron chi connectivity index (χ0n) is 10.1. The topological polar surface area (TPSA) is 37.8 Å². The van der Waals surface area contributed by atoms with Crippen LogP contribution in [0.2, 0.25) is 0 Å². The van der Waals surface area contributed by atoms with Crippen LogP contribution in [0, 0.1) is 0 Å². The number of nitrogens with one attached hydrogen (secondary N) is 1. The lowest BCUT2D eigenvalue weighted by Gasteiger charge is -2.14. The molecule has 0 aliphatic carbocycles. The Kier molecular flexibility index (Phi) is 5.02. The summed E-state index contributed by atoms with van der Waals surface area (Å²) in [6.07, 6.45) is 3.55. The van der Waals surface area contributed by atoms with Gasteiger partial charge in [0.15, 0.2) is 0 Å². The molecule has 0 spiro atoms. The minimum atomic E-state index is 0.419. The predicted molar refractivity (Wildman–Crippen MR) is 66.6 cm³/mol. The first-order chi connectivity index (χ1) is 7.17. The van der Waals surface area contributed by atoms with E-state index in [0.717, 1.165) is 17.4 Å². The summed E-state index contributed by atoms with van der Waals surface area (Å²) >= 11 is 1.48. The van der Waals surface area contributed by atoms with Crippen LogP contribution in [0.4, 0.5) is 5.13 Å². The lowest BCUT2D eigenvalue weighted by atomic mass is 10.1. The van der Waals surface area contributed by atoms with Crippen LogP contribution in [0.3, 0.4) is 0 Å². The van der Waals surface area contributed by atoms with Crippen molar-refractivity contribution in [3.05, 3.63) is 5.82 Å². The fourth-order valence-corrected chi connectivity index (χ4v) is 2.21. The van der Waals surface area contributed by atoms with Crippen LogP contribution < -0.4 is 5.32 Å². The van der Waals surface area contributed by atoms with Crippen molar-refractivity contribution in [2.24, 2.45) is 0 Å². The highest BCUT2D eigenvalue weighted by Gasteiger charge is 2.10. The van der Waals surface area contributed by atoms with Gasteiger partial charge in [-0.1, -0.05) is 34.1 Å². The molecule has 1 atom stereocenters. The Morgan fingerprint density at radius 2 is 2.07 bits per heavy atom. The Balaban J connectivity index is 2.55. The van der Waals surface area contributed by atoms with Crippen molar-refractivity contribution in [2.45, 2.75) is 58.9 Å². The average Bonchev–Trinajstić information content (AvgIpc) is 2.65. The van der Waals surface area contributed by atoms with Crippen LogP contribution in [0.5, 0.6) is 0 Å². The van der Waals surface area contributed by atoms with Gasteiger partial charge in [-0.25, -0.2) is 4.98 Å². The monoisotopic (exact) mass is 227 g/mol. The lowest BCUT2D eigenvalue weighted by molar-refractivity contribution is 0.621. The van der Waals surface area contributed by atoms with E-state index in [2.05, 4.69) is 42.4 Å². The third kappa shape index (κ3) is 3.78. The molecular formula is C11H21N3S. The second-order valence-electron chi connectivity index (χ2n) is 4.15. The molecule has 1 aromatic heterocycles. The normalized spacial score (nSPS) is 13.1. The van der Waals surface area contributed by atoms with Crippen molar-refractivity contribution in [1.82, 2.24) is 9.36 Å². The van der Waals surface area contributed by atoms with Gasteiger partial charge in [0.1, 0.15) is 5.82 Å². The molecule has 0 aliphatic rings. The molecule has 1 rings (SSSR count). The van der Waals surface area contributed by atoms with Crippen molar-refractivity contribution in [3.8, 4) is 0 Å². The van der Waals surface area contributed by atoms with Crippen LogP contribution in [0.1, 0.15) is 58.7 Å². The summed E-state index contributed by atoms with van der Waals surface area (Å²) in [6.45, 7) is 8.66. The highest BCUT2D eigenvalue weighted by atomic mass is 32.1. The second kappa shape index (κ2) is 6.05. The highest BCUT2D eigenvalue weighted by Crippen LogP contribution is 2.19. The number of hydrogen-bond donors (Lipinski definition) is 1. The van der Waals surface area contributed by atoms with Crippen LogP contribution >= 0.6 is 11.5 Å². The third-order valence-corrected chi connectivity index (χ3v) is 3.08. The highest BCUT2D eigenvalue weighted by molar-refractivity contribution is 7.09. The largest absolute Gasteiger partial charge is 0.358 e. The maximum atomic E-state index is 4.48.